The molecule has 0 atom stereocenters. The number of guanidine groups is 1. The van der Waals surface area contributed by atoms with Crippen LogP contribution in [-0.2, 0) is 0 Å². The number of hydrogen-bond donors (Lipinski definition) is 2. The van der Waals surface area contributed by atoms with E-state index in [1.807, 2.05) is 31.3 Å². The second kappa shape index (κ2) is 12.6. The lowest BCUT2D eigenvalue weighted by Crippen LogP contribution is -2.49. The van der Waals surface area contributed by atoms with Gasteiger partial charge >= 0.3 is 0 Å². The van der Waals surface area contributed by atoms with Gasteiger partial charge < -0.3 is 20.3 Å². The minimum atomic E-state index is 0. The Morgan fingerprint density at radius 3 is 2.56 bits per heavy atom. The summed E-state index contributed by atoms with van der Waals surface area (Å²) in [6.07, 6.45) is 3.57. The van der Waals surface area contributed by atoms with Crippen LogP contribution in [0.2, 0.25) is 5.02 Å². The molecule has 142 valence electrons. The van der Waals surface area contributed by atoms with Gasteiger partial charge in [-0.2, -0.15) is 0 Å². The van der Waals surface area contributed by atoms with Crippen LogP contribution in [0.15, 0.2) is 29.3 Å². The van der Waals surface area contributed by atoms with E-state index in [9.17, 15) is 0 Å². The zero-order chi connectivity index (χ0) is 17.2. The summed E-state index contributed by atoms with van der Waals surface area (Å²) in [7, 11) is 1.81. The summed E-state index contributed by atoms with van der Waals surface area (Å²) in [6.45, 7) is 7.07. The predicted molar refractivity (Wildman–Crippen MR) is 117 cm³/mol. The monoisotopic (exact) mass is 480 g/mol. The SMILES string of the molecule is CCCN1CCC(NC(=NC)NCCOc2ccc(Cl)cc2)CC1.I. The third-order valence-electron chi connectivity index (χ3n) is 4.17. The van der Waals surface area contributed by atoms with Gasteiger partial charge in [-0.15, -0.1) is 24.0 Å². The third-order valence-corrected chi connectivity index (χ3v) is 4.42. The summed E-state index contributed by atoms with van der Waals surface area (Å²) in [5.41, 5.74) is 0. The van der Waals surface area contributed by atoms with Crippen molar-refractivity contribution in [1.29, 1.82) is 0 Å². The van der Waals surface area contributed by atoms with Crippen molar-refractivity contribution < 1.29 is 4.74 Å². The molecule has 1 aliphatic heterocycles. The Bertz CT molecular complexity index is 504. The zero-order valence-electron chi connectivity index (χ0n) is 15.1. The summed E-state index contributed by atoms with van der Waals surface area (Å²) in [5.74, 6) is 1.68. The fourth-order valence-electron chi connectivity index (χ4n) is 2.87. The molecule has 1 heterocycles. The first-order valence-electron chi connectivity index (χ1n) is 8.79. The van der Waals surface area contributed by atoms with E-state index in [4.69, 9.17) is 16.3 Å². The predicted octanol–water partition coefficient (Wildman–Crippen LogP) is 3.38. The van der Waals surface area contributed by atoms with Crippen LogP contribution in [0.25, 0.3) is 0 Å². The highest BCUT2D eigenvalue weighted by molar-refractivity contribution is 14.0. The molecule has 7 heteroatoms. The molecule has 5 nitrogen and oxygen atoms in total. The number of benzene rings is 1. The molecular formula is C18H30ClIN4O. The Morgan fingerprint density at radius 1 is 1.28 bits per heavy atom. The maximum atomic E-state index is 5.86. The maximum absolute atomic E-state index is 5.86. The number of halogens is 2. The zero-order valence-corrected chi connectivity index (χ0v) is 18.2. The van der Waals surface area contributed by atoms with E-state index in [0.29, 0.717) is 19.2 Å². The fourth-order valence-corrected chi connectivity index (χ4v) is 3.00. The molecule has 1 aromatic rings. The van der Waals surface area contributed by atoms with Crippen molar-refractivity contribution in [3.8, 4) is 5.75 Å². The molecule has 1 aliphatic rings. The summed E-state index contributed by atoms with van der Waals surface area (Å²) < 4.78 is 5.68. The smallest absolute Gasteiger partial charge is 0.191 e. The second-order valence-electron chi connectivity index (χ2n) is 6.06. The number of aliphatic imine (C=N–C) groups is 1. The van der Waals surface area contributed by atoms with Crippen LogP contribution in [0.1, 0.15) is 26.2 Å². The lowest BCUT2D eigenvalue weighted by Gasteiger charge is -2.32. The van der Waals surface area contributed by atoms with Gasteiger partial charge in [0.25, 0.3) is 0 Å². The summed E-state index contributed by atoms with van der Waals surface area (Å²) in [5, 5.41) is 7.54. The van der Waals surface area contributed by atoms with Crippen LogP contribution in [0.3, 0.4) is 0 Å². The van der Waals surface area contributed by atoms with E-state index >= 15 is 0 Å². The molecule has 25 heavy (non-hydrogen) atoms. The van der Waals surface area contributed by atoms with E-state index in [1.165, 1.54) is 38.9 Å². The topological polar surface area (TPSA) is 48.9 Å². The van der Waals surface area contributed by atoms with E-state index in [2.05, 4.69) is 27.4 Å². The molecule has 1 fully saturated rings. The Hall–Kier alpha value is -0.730. The van der Waals surface area contributed by atoms with Crippen molar-refractivity contribution in [2.45, 2.75) is 32.2 Å². The lowest BCUT2D eigenvalue weighted by molar-refractivity contribution is 0.206. The molecule has 1 aromatic carbocycles. The average molecular weight is 481 g/mol. The van der Waals surface area contributed by atoms with Crippen LogP contribution in [0.4, 0.5) is 0 Å². The molecule has 2 N–H and O–H groups in total. The molecule has 0 amide bonds. The van der Waals surface area contributed by atoms with Crippen LogP contribution >= 0.6 is 35.6 Å². The molecule has 0 aliphatic carbocycles. The van der Waals surface area contributed by atoms with E-state index in [-0.39, 0.29) is 24.0 Å². The highest BCUT2D eigenvalue weighted by Gasteiger charge is 2.19. The van der Waals surface area contributed by atoms with Crippen molar-refractivity contribution in [2.75, 3.05) is 39.8 Å². The van der Waals surface area contributed by atoms with Gasteiger partial charge in [-0.25, -0.2) is 0 Å². The number of piperidine rings is 1. The van der Waals surface area contributed by atoms with Gasteiger partial charge in [0, 0.05) is 31.2 Å². The Kier molecular flexibility index (Phi) is 11.2. The van der Waals surface area contributed by atoms with Gasteiger partial charge in [-0.3, -0.25) is 4.99 Å². The normalized spacial score (nSPS) is 16.2. The van der Waals surface area contributed by atoms with Crippen LogP contribution in [0, 0.1) is 0 Å². The third kappa shape index (κ3) is 8.46. The Balaban J connectivity index is 0.00000312. The number of nitrogens with one attached hydrogen (secondary N) is 2. The van der Waals surface area contributed by atoms with E-state index < -0.39 is 0 Å². The van der Waals surface area contributed by atoms with Gasteiger partial charge in [-0.05, 0) is 50.1 Å². The number of likely N-dealkylation sites (tertiary alicyclic amines) is 1. The second-order valence-corrected chi connectivity index (χ2v) is 6.50. The van der Waals surface area contributed by atoms with Crippen LogP contribution in [-0.4, -0.2) is 56.7 Å². The van der Waals surface area contributed by atoms with Crippen LogP contribution < -0.4 is 15.4 Å². The summed E-state index contributed by atoms with van der Waals surface area (Å²) >= 11 is 5.86. The van der Waals surface area contributed by atoms with E-state index in [1.54, 1.807) is 0 Å². The summed E-state index contributed by atoms with van der Waals surface area (Å²) in [4.78, 5) is 6.84. The standard InChI is InChI=1S/C18H29ClN4O.HI/c1-3-11-23-12-8-16(9-13-23)22-18(20-2)21-10-14-24-17-6-4-15(19)5-7-17;/h4-7,16H,3,8-14H2,1-2H3,(H2,20,21,22);1H. The van der Waals surface area contributed by atoms with Gasteiger partial charge in [0.2, 0.25) is 0 Å². The molecule has 2 rings (SSSR count). The number of ether oxygens (including phenoxy) is 1. The van der Waals surface area contributed by atoms with Crippen molar-refractivity contribution >= 4 is 41.5 Å². The molecule has 0 unspecified atom stereocenters. The number of rotatable bonds is 7. The molecule has 0 aromatic heterocycles. The minimum Gasteiger partial charge on any atom is -0.492 e. The quantitative estimate of drug-likeness (QED) is 0.272. The average Bonchev–Trinajstić information content (AvgIpc) is 2.61. The van der Waals surface area contributed by atoms with Crippen molar-refractivity contribution in [3.05, 3.63) is 29.3 Å². The first-order valence-corrected chi connectivity index (χ1v) is 9.17. The van der Waals surface area contributed by atoms with Gasteiger partial charge in [0.05, 0.1) is 6.54 Å². The lowest BCUT2D eigenvalue weighted by atomic mass is 10.1. The number of nitrogens with zero attached hydrogens (tertiary/aromatic N) is 2. The first-order chi connectivity index (χ1) is 11.7. The molecule has 0 bridgehead atoms. The molecule has 0 radical (unpaired) electrons. The number of hydrogen-bond acceptors (Lipinski definition) is 3. The molecular weight excluding hydrogens is 451 g/mol. The van der Waals surface area contributed by atoms with Gasteiger partial charge in [-0.1, -0.05) is 18.5 Å². The fraction of sp³-hybridized carbons (Fsp3) is 0.611. The largest absolute Gasteiger partial charge is 0.492 e. The highest BCUT2D eigenvalue weighted by Crippen LogP contribution is 2.15. The van der Waals surface area contributed by atoms with Crippen molar-refractivity contribution in [2.24, 2.45) is 4.99 Å². The minimum absolute atomic E-state index is 0. The molecule has 1 saturated heterocycles. The molecule has 0 saturated carbocycles. The Labute approximate surface area is 173 Å². The highest BCUT2D eigenvalue weighted by atomic mass is 127. The van der Waals surface area contributed by atoms with Gasteiger partial charge in [0.1, 0.15) is 12.4 Å². The van der Waals surface area contributed by atoms with Gasteiger partial charge in [0.15, 0.2) is 5.96 Å². The first kappa shape index (κ1) is 22.3. The Morgan fingerprint density at radius 2 is 1.96 bits per heavy atom. The summed E-state index contributed by atoms with van der Waals surface area (Å²) in [6, 6.07) is 7.91. The van der Waals surface area contributed by atoms with Crippen LogP contribution in [0.5, 0.6) is 5.75 Å². The molecule has 0 spiro atoms. The maximum Gasteiger partial charge on any atom is 0.191 e. The van der Waals surface area contributed by atoms with E-state index in [0.717, 1.165) is 16.7 Å². The van der Waals surface area contributed by atoms with Crippen molar-refractivity contribution in [3.63, 3.8) is 0 Å². The van der Waals surface area contributed by atoms with Crippen molar-refractivity contribution in [1.82, 2.24) is 15.5 Å².